The van der Waals surface area contributed by atoms with Crippen molar-refractivity contribution in [2.75, 3.05) is 5.32 Å². The first kappa shape index (κ1) is 12.0. The Hall–Kier alpha value is -2.07. The Morgan fingerprint density at radius 2 is 1.95 bits per heavy atom. The Balaban J connectivity index is 1.96. The van der Waals surface area contributed by atoms with Crippen LogP contribution in [-0.2, 0) is 4.79 Å². The molecule has 2 aromatic rings. The van der Waals surface area contributed by atoms with E-state index >= 15 is 0 Å². The molecule has 1 aliphatic rings. The van der Waals surface area contributed by atoms with Crippen molar-refractivity contribution < 1.29 is 9.53 Å². The molecule has 94 valence electrons. The van der Waals surface area contributed by atoms with Gasteiger partial charge in [0.15, 0.2) is 11.5 Å². The molecule has 1 heterocycles. The van der Waals surface area contributed by atoms with Crippen LogP contribution < -0.4 is 10.1 Å². The highest BCUT2D eigenvalue weighted by molar-refractivity contribution is 9.10. The molecule has 2 aromatic carbocycles. The van der Waals surface area contributed by atoms with E-state index in [4.69, 9.17) is 4.74 Å². The fourth-order valence-corrected chi connectivity index (χ4v) is 2.27. The lowest BCUT2D eigenvalue weighted by molar-refractivity contribution is -0.115. The third-order valence-electron chi connectivity index (χ3n) is 2.73. The zero-order valence-electron chi connectivity index (χ0n) is 9.89. The Kier molecular flexibility index (Phi) is 3.09. The molecule has 0 aliphatic carbocycles. The lowest BCUT2D eigenvalue weighted by atomic mass is 10.2. The van der Waals surface area contributed by atoms with Crippen molar-refractivity contribution in [2.45, 2.75) is 0 Å². The molecular weight excluding hydrogens is 306 g/mol. The second-order valence-electron chi connectivity index (χ2n) is 4.12. The molecule has 0 bridgehead atoms. The van der Waals surface area contributed by atoms with E-state index in [1.807, 2.05) is 48.5 Å². The smallest absolute Gasteiger partial charge is 0.291 e. The number of para-hydroxylation sites is 2. The van der Waals surface area contributed by atoms with E-state index in [9.17, 15) is 4.79 Å². The van der Waals surface area contributed by atoms with Crippen LogP contribution >= 0.6 is 15.9 Å². The van der Waals surface area contributed by atoms with Crippen molar-refractivity contribution in [1.29, 1.82) is 0 Å². The Labute approximate surface area is 119 Å². The van der Waals surface area contributed by atoms with Gasteiger partial charge in [0.05, 0.1) is 5.69 Å². The summed E-state index contributed by atoms with van der Waals surface area (Å²) < 4.78 is 6.58. The number of fused-ring (bicyclic) bond motifs is 1. The van der Waals surface area contributed by atoms with Crippen LogP contribution in [-0.4, -0.2) is 5.91 Å². The molecule has 3 nitrogen and oxygen atoms in total. The minimum atomic E-state index is -0.237. The number of anilines is 1. The number of halogens is 1. The van der Waals surface area contributed by atoms with Crippen LogP contribution in [0.25, 0.3) is 6.08 Å². The van der Waals surface area contributed by atoms with Crippen LogP contribution in [0.4, 0.5) is 5.69 Å². The number of nitrogens with one attached hydrogen (secondary N) is 1. The number of hydrogen-bond acceptors (Lipinski definition) is 2. The maximum atomic E-state index is 11.9. The molecule has 0 saturated heterocycles. The molecule has 0 radical (unpaired) electrons. The van der Waals surface area contributed by atoms with E-state index in [2.05, 4.69) is 21.2 Å². The van der Waals surface area contributed by atoms with Gasteiger partial charge >= 0.3 is 0 Å². The molecule has 0 unspecified atom stereocenters. The van der Waals surface area contributed by atoms with Gasteiger partial charge in [0.25, 0.3) is 5.91 Å². The maximum Gasteiger partial charge on any atom is 0.291 e. The van der Waals surface area contributed by atoms with E-state index in [0.29, 0.717) is 11.4 Å². The van der Waals surface area contributed by atoms with E-state index in [0.717, 1.165) is 10.0 Å². The fraction of sp³-hybridized carbons (Fsp3) is 0. The van der Waals surface area contributed by atoms with Crippen LogP contribution in [0.2, 0.25) is 0 Å². The van der Waals surface area contributed by atoms with Crippen LogP contribution in [0, 0.1) is 0 Å². The summed E-state index contributed by atoms with van der Waals surface area (Å²) in [7, 11) is 0. The van der Waals surface area contributed by atoms with Gasteiger partial charge in [-0.3, -0.25) is 4.79 Å². The normalized spacial score (nSPS) is 15.6. The van der Waals surface area contributed by atoms with Crippen molar-refractivity contribution >= 4 is 33.6 Å². The number of rotatable bonds is 1. The van der Waals surface area contributed by atoms with Crippen molar-refractivity contribution in [2.24, 2.45) is 0 Å². The summed E-state index contributed by atoms with van der Waals surface area (Å²) in [6.45, 7) is 0. The maximum absolute atomic E-state index is 11.9. The molecule has 1 amide bonds. The molecule has 1 aliphatic heterocycles. The van der Waals surface area contributed by atoms with Gasteiger partial charge in [-0.1, -0.05) is 40.2 Å². The van der Waals surface area contributed by atoms with E-state index < -0.39 is 0 Å². The molecule has 0 aromatic heterocycles. The van der Waals surface area contributed by atoms with Gasteiger partial charge in [0.1, 0.15) is 0 Å². The van der Waals surface area contributed by atoms with Crippen LogP contribution in [0.5, 0.6) is 5.75 Å². The first-order valence-corrected chi connectivity index (χ1v) is 6.57. The zero-order valence-corrected chi connectivity index (χ0v) is 11.5. The molecule has 1 N–H and O–H groups in total. The van der Waals surface area contributed by atoms with Crippen LogP contribution in [0.3, 0.4) is 0 Å². The largest absolute Gasteiger partial charge is 0.449 e. The molecule has 0 atom stereocenters. The Morgan fingerprint density at radius 1 is 1.11 bits per heavy atom. The Morgan fingerprint density at radius 3 is 2.79 bits per heavy atom. The highest BCUT2D eigenvalue weighted by atomic mass is 79.9. The van der Waals surface area contributed by atoms with E-state index in [1.54, 1.807) is 6.08 Å². The summed E-state index contributed by atoms with van der Waals surface area (Å²) in [6.07, 6.45) is 1.72. The lowest BCUT2D eigenvalue weighted by Crippen LogP contribution is -2.23. The standard InChI is InChI=1S/C15H10BrNO2/c16-11-5-3-4-10(8-11)9-14-15(18)17-12-6-1-2-7-13(12)19-14/h1-9H,(H,17,18). The van der Waals surface area contributed by atoms with Crippen molar-refractivity contribution in [1.82, 2.24) is 0 Å². The number of benzene rings is 2. The molecule has 0 saturated carbocycles. The van der Waals surface area contributed by atoms with Gasteiger partial charge < -0.3 is 10.1 Å². The average molecular weight is 316 g/mol. The predicted octanol–water partition coefficient (Wildman–Crippen LogP) is 3.82. The summed E-state index contributed by atoms with van der Waals surface area (Å²) in [5.41, 5.74) is 1.60. The molecule has 19 heavy (non-hydrogen) atoms. The van der Waals surface area contributed by atoms with Gasteiger partial charge in [0, 0.05) is 4.47 Å². The van der Waals surface area contributed by atoms with Gasteiger partial charge in [-0.05, 0) is 35.9 Å². The number of carbonyl (C=O) groups is 1. The summed E-state index contributed by atoms with van der Waals surface area (Å²) in [4.78, 5) is 11.9. The second-order valence-corrected chi connectivity index (χ2v) is 5.03. The second kappa shape index (κ2) is 4.90. The number of hydrogen-bond donors (Lipinski definition) is 1. The molecule has 0 spiro atoms. The summed E-state index contributed by atoms with van der Waals surface area (Å²) in [5, 5.41) is 2.80. The van der Waals surface area contributed by atoms with Gasteiger partial charge in [-0.15, -0.1) is 0 Å². The van der Waals surface area contributed by atoms with Crippen molar-refractivity contribution in [3.8, 4) is 5.75 Å². The van der Waals surface area contributed by atoms with Crippen LogP contribution in [0.15, 0.2) is 58.8 Å². The third-order valence-corrected chi connectivity index (χ3v) is 3.22. The van der Waals surface area contributed by atoms with Crippen LogP contribution in [0.1, 0.15) is 5.56 Å². The van der Waals surface area contributed by atoms with E-state index in [1.165, 1.54) is 0 Å². The topological polar surface area (TPSA) is 38.3 Å². The zero-order chi connectivity index (χ0) is 13.2. The number of ether oxygens (including phenoxy) is 1. The first-order valence-electron chi connectivity index (χ1n) is 5.78. The highest BCUT2D eigenvalue weighted by Gasteiger charge is 2.21. The number of amides is 1. The quantitative estimate of drug-likeness (QED) is 0.812. The lowest BCUT2D eigenvalue weighted by Gasteiger charge is -2.19. The van der Waals surface area contributed by atoms with Gasteiger partial charge in [-0.2, -0.15) is 0 Å². The summed E-state index contributed by atoms with van der Waals surface area (Å²) >= 11 is 3.40. The SMILES string of the molecule is O=C1Nc2ccccc2OC1=Cc1cccc(Br)c1. The monoisotopic (exact) mass is 315 g/mol. The molecule has 3 rings (SSSR count). The summed E-state index contributed by atoms with van der Waals surface area (Å²) in [6, 6.07) is 15.0. The minimum absolute atomic E-state index is 0.237. The fourth-order valence-electron chi connectivity index (χ4n) is 1.85. The average Bonchev–Trinajstić information content (AvgIpc) is 2.40. The summed E-state index contributed by atoms with van der Waals surface area (Å²) in [5.74, 6) is 0.707. The molecule has 4 heteroatoms. The highest BCUT2D eigenvalue weighted by Crippen LogP contribution is 2.30. The van der Waals surface area contributed by atoms with Crippen molar-refractivity contribution in [3.63, 3.8) is 0 Å². The molecule has 0 fully saturated rings. The van der Waals surface area contributed by atoms with Gasteiger partial charge in [0.2, 0.25) is 0 Å². The first-order chi connectivity index (χ1) is 9.22. The minimum Gasteiger partial charge on any atom is -0.449 e. The molecular formula is C15H10BrNO2. The Bertz CT molecular complexity index is 679. The van der Waals surface area contributed by atoms with E-state index in [-0.39, 0.29) is 11.7 Å². The van der Waals surface area contributed by atoms with Gasteiger partial charge in [-0.25, -0.2) is 0 Å². The van der Waals surface area contributed by atoms with Crippen molar-refractivity contribution in [3.05, 3.63) is 64.3 Å². The predicted molar refractivity (Wildman–Crippen MR) is 77.8 cm³/mol. The third kappa shape index (κ3) is 2.53. The number of carbonyl (C=O) groups excluding carboxylic acids is 1.